The van der Waals surface area contributed by atoms with Gasteiger partial charge < -0.3 is 14.8 Å². The predicted octanol–water partition coefficient (Wildman–Crippen LogP) is 4.19. The van der Waals surface area contributed by atoms with Crippen molar-refractivity contribution in [1.82, 2.24) is 0 Å². The van der Waals surface area contributed by atoms with Gasteiger partial charge >= 0.3 is 0 Å². The summed E-state index contributed by atoms with van der Waals surface area (Å²) < 4.78 is 10.6. The van der Waals surface area contributed by atoms with Crippen LogP contribution in [0.3, 0.4) is 0 Å². The van der Waals surface area contributed by atoms with Crippen molar-refractivity contribution < 1.29 is 9.47 Å². The van der Waals surface area contributed by atoms with E-state index in [1.165, 1.54) is 24.0 Å². The topological polar surface area (TPSA) is 30.5 Å². The van der Waals surface area contributed by atoms with E-state index in [4.69, 9.17) is 9.47 Å². The molecule has 3 nitrogen and oxygen atoms in total. The molecule has 0 bridgehead atoms. The molecule has 0 heterocycles. The van der Waals surface area contributed by atoms with Crippen LogP contribution in [0.4, 0.5) is 5.69 Å². The van der Waals surface area contributed by atoms with Crippen LogP contribution >= 0.6 is 0 Å². The summed E-state index contributed by atoms with van der Waals surface area (Å²) in [5, 5.41) is 3.44. The number of rotatable bonds is 6. The number of hydrogen-bond acceptors (Lipinski definition) is 3. The minimum atomic E-state index is 0.745. The van der Waals surface area contributed by atoms with Gasteiger partial charge in [0.05, 0.1) is 14.2 Å². The van der Waals surface area contributed by atoms with Gasteiger partial charge in [-0.1, -0.05) is 24.3 Å². The summed E-state index contributed by atoms with van der Waals surface area (Å²) >= 11 is 0. The molecular formula is C18H21NO2. The van der Waals surface area contributed by atoms with Crippen LogP contribution in [0.2, 0.25) is 0 Å². The normalized spacial score (nSPS) is 13.8. The molecule has 0 spiro atoms. The second kappa shape index (κ2) is 6.08. The quantitative estimate of drug-likeness (QED) is 0.862. The first-order chi connectivity index (χ1) is 10.3. The van der Waals surface area contributed by atoms with Gasteiger partial charge in [-0.15, -0.1) is 0 Å². The van der Waals surface area contributed by atoms with Gasteiger partial charge in [0.15, 0.2) is 11.5 Å². The molecule has 1 saturated carbocycles. The molecule has 3 heteroatoms. The van der Waals surface area contributed by atoms with Crippen molar-refractivity contribution >= 4 is 5.69 Å². The van der Waals surface area contributed by atoms with Gasteiger partial charge in [-0.05, 0) is 42.0 Å². The van der Waals surface area contributed by atoms with Crippen LogP contribution in [0.25, 0.3) is 0 Å². The van der Waals surface area contributed by atoms with Crippen LogP contribution in [0.15, 0.2) is 42.5 Å². The molecule has 0 unspecified atom stereocenters. The lowest BCUT2D eigenvalue weighted by atomic mass is 10.1. The number of hydrogen-bond donors (Lipinski definition) is 1. The van der Waals surface area contributed by atoms with E-state index in [9.17, 15) is 0 Å². The maximum Gasteiger partial charge on any atom is 0.162 e. The highest BCUT2D eigenvalue weighted by Gasteiger charge is 2.23. The smallest absolute Gasteiger partial charge is 0.162 e. The summed E-state index contributed by atoms with van der Waals surface area (Å²) in [6.45, 7) is 0.816. The van der Waals surface area contributed by atoms with Crippen molar-refractivity contribution in [3.63, 3.8) is 0 Å². The zero-order valence-corrected chi connectivity index (χ0v) is 12.6. The van der Waals surface area contributed by atoms with E-state index in [1.807, 2.05) is 18.2 Å². The van der Waals surface area contributed by atoms with Crippen LogP contribution in [-0.4, -0.2) is 14.2 Å². The second-order valence-corrected chi connectivity index (χ2v) is 5.44. The Morgan fingerprint density at radius 3 is 2.52 bits per heavy atom. The Labute approximate surface area is 125 Å². The third-order valence-corrected chi connectivity index (χ3v) is 3.88. The Balaban J connectivity index is 1.68. The highest BCUT2D eigenvalue weighted by Crippen LogP contribution is 2.40. The average Bonchev–Trinajstić information content (AvgIpc) is 3.38. The minimum Gasteiger partial charge on any atom is -0.493 e. The van der Waals surface area contributed by atoms with Gasteiger partial charge in [-0.2, -0.15) is 0 Å². The molecule has 0 saturated heterocycles. The van der Waals surface area contributed by atoms with Gasteiger partial charge in [-0.25, -0.2) is 0 Å². The molecule has 110 valence electrons. The van der Waals surface area contributed by atoms with Gasteiger partial charge in [0, 0.05) is 18.3 Å². The monoisotopic (exact) mass is 283 g/mol. The fourth-order valence-corrected chi connectivity index (χ4v) is 2.52. The lowest BCUT2D eigenvalue weighted by Gasteiger charge is -2.12. The Morgan fingerprint density at radius 2 is 1.81 bits per heavy atom. The highest BCUT2D eigenvalue weighted by molar-refractivity contribution is 5.55. The number of methoxy groups -OCH3 is 2. The van der Waals surface area contributed by atoms with E-state index < -0.39 is 0 Å². The zero-order valence-electron chi connectivity index (χ0n) is 12.6. The summed E-state index contributed by atoms with van der Waals surface area (Å²) in [6.07, 6.45) is 2.68. The molecule has 0 atom stereocenters. The molecule has 1 aliphatic rings. The maximum atomic E-state index is 5.32. The van der Waals surface area contributed by atoms with Crippen LogP contribution in [0, 0.1) is 0 Å². The van der Waals surface area contributed by atoms with E-state index >= 15 is 0 Å². The van der Waals surface area contributed by atoms with Crippen molar-refractivity contribution in [2.24, 2.45) is 0 Å². The minimum absolute atomic E-state index is 0.745. The average molecular weight is 283 g/mol. The molecule has 1 fully saturated rings. The summed E-state index contributed by atoms with van der Waals surface area (Å²) in [5.41, 5.74) is 3.82. The maximum absolute atomic E-state index is 5.32. The van der Waals surface area contributed by atoms with E-state index in [0.717, 1.165) is 29.6 Å². The van der Waals surface area contributed by atoms with Crippen molar-refractivity contribution in [2.75, 3.05) is 19.5 Å². The molecule has 2 aromatic rings. The largest absolute Gasteiger partial charge is 0.493 e. The number of nitrogens with one attached hydrogen (secondary N) is 1. The van der Waals surface area contributed by atoms with Gasteiger partial charge in [0.2, 0.25) is 0 Å². The molecule has 1 aliphatic carbocycles. The fraction of sp³-hybridized carbons (Fsp3) is 0.333. The molecule has 21 heavy (non-hydrogen) atoms. The third kappa shape index (κ3) is 3.30. The fourth-order valence-electron chi connectivity index (χ4n) is 2.52. The second-order valence-electron chi connectivity index (χ2n) is 5.44. The summed E-state index contributed by atoms with van der Waals surface area (Å²) in [4.78, 5) is 0. The first-order valence-corrected chi connectivity index (χ1v) is 7.35. The Morgan fingerprint density at radius 1 is 1.00 bits per heavy atom. The first kappa shape index (κ1) is 13.8. The van der Waals surface area contributed by atoms with Crippen molar-refractivity contribution in [3.05, 3.63) is 53.6 Å². The summed E-state index contributed by atoms with van der Waals surface area (Å²) in [7, 11) is 3.30. The Kier molecular flexibility index (Phi) is 4.00. The molecule has 0 amide bonds. The van der Waals surface area contributed by atoms with E-state index in [0.29, 0.717) is 0 Å². The molecule has 0 aliphatic heterocycles. The van der Waals surface area contributed by atoms with Crippen LogP contribution < -0.4 is 14.8 Å². The zero-order chi connectivity index (χ0) is 14.7. The van der Waals surface area contributed by atoms with E-state index in [2.05, 4.69) is 29.6 Å². The van der Waals surface area contributed by atoms with Gasteiger partial charge in [-0.3, -0.25) is 0 Å². The summed E-state index contributed by atoms with van der Waals surface area (Å²) in [6, 6.07) is 14.7. The molecule has 0 aromatic heterocycles. The predicted molar refractivity (Wildman–Crippen MR) is 85.3 cm³/mol. The highest BCUT2D eigenvalue weighted by atomic mass is 16.5. The van der Waals surface area contributed by atoms with Crippen LogP contribution in [0.1, 0.15) is 29.9 Å². The summed E-state index contributed by atoms with van der Waals surface area (Å²) in [5.74, 6) is 2.29. The number of ether oxygens (including phenoxy) is 2. The van der Waals surface area contributed by atoms with Gasteiger partial charge in [0.25, 0.3) is 0 Å². The molecule has 3 rings (SSSR count). The number of anilines is 1. The molecular weight excluding hydrogens is 262 g/mol. The Hall–Kier alpha value is -2.16. The van der Waals surface area contributed by atoms with Crippen molar-refractivity contribution in [3.8, 4) is 11.5 Å². The lowest BCUT2D eigenvalue weighted by molar-refractivity contribution is 0.355. The van der Waals surface area contributed by atoms with Gasteiger partial charge in [0.1, 0.15) is 0 Å². The number of benzene rings is 2. The third-order valence-electron chi connectivity index (χ3n) is 3.88. The first-order valence-electron chi connectivity index (χ1n) is 7.35. The SMILES string of the molecule is COc1ccc(NCc2cccc(C3CC3)c2)cc1OC. The van der Waals surface area contributed by atoms with Crippen LogP contribution in [-0.2, 0) is 6.54 Å². The van der Waals surface area contributed by atoms with Crippen molar-refractivity contribution in [1.29, 1.82) is 0 Å². The van der Waals surface area contributed by atoms with E-state index in [1.54, 1.807) is 14.2 Å². The lowest BCUT2D eigenvalue weighted by Crippen LogP contribution is -2.00. The molecule has 1 N–H and O–H groups in total. The molecule has 0 radical (unpaired) electrons. The van der Waals surface area contributed by atoms with E-state index in [-0.39, 0.29) is 0 Å². The Bertz CT molecular complexity index is 620. The molecule has 2 aromatic carbocycles. The van der Waals surface area contributed by atoms with Crippen molar-refractivity contribution in [2.45, 2.75) is 25.3 Å². The standard InChI is InChI=1S/C18H21NO2/c1-20-17-9-8-16(11-18(17)21-2)19-12-13-4-3-5-15(10-13)14-6-7-14/h3-5,8-11,14,19H,6-7,12H2,1-2H3. The van der Waals surface area contributed by atoms with Crippen LogP contribution in [0.5, 0.6) is 11.5 Å².